The molecule has 0 radical (unpaired) electrons. The van der Waals surface area contributed by atoms with Crippen molar-refractivity contribution in [2.45, 2.75) is 129 Å². The Bertz CT molecular complexity index is 504. The number of fused-ring (bicyclic) bond motifs is 3. The second-order valence-electron chi connectivity index (χ2n) is 11.6. The predicted molar refractivity (Wildman–Crippen MR) is 115 cm³/mol. The molecule has 5 rings (SSSR count). The van der Waals surface area contributed by atoms with E-state index in [2.05, 4.69) is 13.8 Å². The molecule has 0 aromatic carbocycles. The van der Waals surface area contributed by atoms with E-state index in [1.807, 2.05) is 0 Å². The van der Waals surface area contributed by atoms with Crippen molar-refractivity contribution in [1.29, 1.82) is 0 Å². The van der Waals surface area contributed by atoms with Gasteiger partial charge in [0, 0.05) is 0 Å². The number of halogens is 2. The fraction of sp³-hybridized carbons (Fsp3) is 1.00. The Labute approximate surface area is 177 Å². The minimum atomic E-state index is -1.38. The van der Waals surface area contributed by atoms with E-state index in [9.17, 15) is 13.9 Å². The summed E-state index contributed by atoms with van der Waals surface area (Å²) in [5.41, 5.74) is 1.23. The van der Waals surface area contributed by atoms with E-state index in [0.717, 1.165) is 24.7 Å². The fourth-order valence-electron chi connectivity index (χ4n) is 8.18. The van der Waals surface area contributed by atoms with Gasteiger partial charge in [0.2, 0.25) is 0 Å². The van der Waals surface area contributed by atoms with Gasteiger partial charge in [0.15, 0.2) is 0 Å². The highest BCUT2D eigenvalue weighted by Gasteiger charge is 2.53. The molecule has 5 fully saturated rings. The summed E-state index contributed by atoms with van der Waals surface area (Å²) < 4.78 is 28.0. The topological polar surface area (TPSA) is 20.2 Å². The lowest BCUT2D eigenvalue weighted by Crippen LogP contribution is -2.49. The molecule has 0 saturated heterocycles. The van der Waals surface area contributed by atoms with Gasteiger partial charge in [0.05, 0.1) is 0 Å². The largest absolute Gasteiger partial charge is 0.387 e. The van der Waals surface area contributed by atoms with Crippen molar-refractivity contribution in [3.8, 4) is 0 Å². The monoisotopic (exact) mass is 410 g/mol. The maximum Gasteiger partial charge on any atom is 0.129 e. The second-order valence-corrected chi connectivity index (χ2v) is 11.6. The quantitative estimate of drug-likeness (QED) is 0.483. The Morgan fingerprint density at radius 2 is 1.41 bits per heavy atom. The van der Waals surface area contributed by atoms with Crippen LogP contribution in [0.2, 0.25) is 0 Å². The number of aliphatic hydroxyl groups excluding tert-OH is 1. The van der Waals surface area contributed by atoms with Crippen LogP contribution in [0.1, 0.15) is 110 Å². The highest BCUT2D eigenvalue weighted by atomic mass is 19.1. The molecule has 0 aromatic heterocycles. The molecule has 3 unspecified atom stereocenters. The van der Waals surface area contributed by atoms with E-state index in [4.69, 9.17) is 0 Å². The van der Waals surface area contributed by atoms with Crippen molar-refractivity contribution in [3.05, 3.63) is 0 Å². The van der Waals surface area contributed by atoms with Crippen molar-refractivity contribution >= 4 is 0 Å². The van der Waals surface area contributed by atoms with Gasteiger partial charge in [-0.1, -0.05) is 33.1 Å². The number of aliphatic hydroxyl groups is 1. The third-order valence-corrected chi connectivity index (χ3v) is 10.5. The fourth-order valence-corrected chi connectivity index (χ4v) is 8.18. The number of hydrogen-bond donors (Lipinski definition) is 1. The summed E-state index contributed by atoms with van der Waals surface area (Å²) in [7, 11) is 0. The molecular formula is C26H44F2O. The van der Waals surface area contributed by atoms with Gasteiger partial charge in [-0.2, -0.15) is 0 Å². The van der Waals surface area contributed by atoms with Crippen LogP contribution in [0.3, 0.4) is 0 Å². The van der Waals surface area contributed by atoms with Crippen LogP contribution in [-0.2, 0) is 0 Å². The molecule has 1 nitrogen and oxygen atoms in total. The molecule has 168 valence electrons. The predicted octanol–water partition coefficient (Wildman–Crippen LogP) is 7.41. The Morgan fingerprint density at radius 3 is 1.93 bits per heavy atom. The van der Waals surface area contributed by atoms with E-state index in [0.29, 0.717) is 29.6 Å². The van der Waals surface area contributed by atoms with Gasteiger partial charge in [0.25, 0.3) is 0 Å². The lowest BCUT2D eigenvalue weighted by atomic mass is 9.46. The Hall–Kier alpha value is -0.180. The number of alkyl halides is 2. The molecule has 29 heavy (non-hydrogen) atoms. The molecule has 0 aromatic rings. The smallest absolute Gasteiger partial charge is 0.129 e. The van der Waals surface area contributed by atoms with Crippen molar-refractivity contribution in [1.82, 2.24) is 0 Å². The molecule has 2 bridgehead atoms. The van der Waals surface area contributed by atoms with Gasteiger partial charge in [0.1, 0.15) is 18.4 Å². The first-order valence-electron chi connectivity index (χ1n) is 12.9. The lowest BCUT2D eigenvalue weighted by molar-refractivity contribution is -0.0913. The average Bonchev–Trinajstić information content (AvgIpc) is 2.76. The molecule has 0 heterocycles. The normalized spacial score (nSPS) is 49.1. The Morgan fingerprint density at radius 1 is 0.862 bits per heavy atom. The van der Waals surface area contributed by atoms with Gasteiger partial charge >= 0.3 is 0 Å². The van der Waals surface area contributed by atoms with E-state index in [-0.39, 0.29) is 5.92 Å². The molecular weight excluding hydrogens is 366 g/mol. The number of rotatable bonds is 6. The van der Waals surface area contributed by atoms with Gasteiger partial charge < -0.3 is 5.11 Å². The van der Waals surface area contributed by atoms with Crippen LogP contribution in [-0.4, -0.2) is 23.6 Å². The number of hydrogen-bond acceptors (Lipinski definition) is 1. The van der Waals surface area contributed by atoms with E-state index in [1.165, 1.54) is 70.6 Å². The van der Waals surface area contributed by atoms with E-state index >= 15 is 0 Å². The maximum absolute atomic E-state index is 14.0. The highest BCUT2D eigenvalue weighted by molar-refractivity contribution is 5.04. The standard InChI is InChI=1S/C26H44F2O/c1-3-4-5-18(2)25-10-13-26(14-11-25,15-12-25)21-8-6-19(7-9-21)20-16-22(27)24(29)23(28)17-20/h18-24,29H,3-17H2,1-2H3. The molecule has 0 spiro atoms. The maximum atomic E-state index is 14.0. The second kappa shape index (κ2) is 8.75. The summed E-state index contributed by atoms with van der Waals surface area (Å²) >= 11 is 0. The molecule has 5 saturated carbocycles. The molecule has 5 aliphatic rings. The van der Waals surface area contributed by atoms with Crippen LogP contribution in [0.15, 0.2) is 0 Å². The number of unbranched alkanes of at least 4 members (excludes halogenated alkanes) is 1. The van der Waals surface area contributed by atoms with Crippen LogP contribution in [0.4, 0.5) is 8.78 Å². The third-order valence-electron chi connectivity index (χ3n) is 10.5. The summed E-state index contributed by atoms with van der Waals surface area (Å²) in [4.78, 5) is 0. The van der Waals surface area contributed by atoms with Gasteiger partial charge in [-0.25, -0.2) is 8.78 Å². The van der Waals surface area contributed by atoms with Crippen molar-refractivity contribution in [2.75, 3.05) is 0 Å². The van der Waals surface area contributed by atoms with E-state index in [1.54, 1.807) is 0 Å². The zero-order valence-electron chi connectivity index (χ0n) is 18.9. The van der Waals surface area contributed by atoms with Crippen molar-refractivity contribution in [2.24, 2.45) is 34.5 Å². The summed E-state index contributed by atoms with van der Waals surface area (Å²) in [6, 6.07) is 0. The molecule has 5 aliphatic carbocycles. The SMILES string of the molecule is CCCCC(C)C12CCC(C3CCC(C4CC(F)C(O)C(F)C4)CC3)(CC1)CC2. The van der Waals surface area contributed by atoms with Crippen molar-refractivity contribution in [3.63, 3.8) is 0 Å². The summed E-state index contributed by atoms with van der Waals surface area (Å²) in [6.45, 7) is 4.83. The zero-order valence-corrected chi connectivity index (χ0v) is 18.9. The first-order valence-corrected chi connectivity index (χ1v) is 12.9. The molecule has 3 heteroatoms. The Balaban J connectivity index is 1.30. The summed E-state index contributed by atoms with van der Waals surface area (Å²) in [5, 5.41) is 9.60. The van der Waals surface area contributed by atoms with E-state index < -0.39 is 18.4 Å². The first kappa shape index (κ1) is 22.0. The molecule has 1 N–H and O–H groups in total. The highest BCUT2D eigenvalue weighted by Crippen LogP contribution is 2.65. The van der Waals surface area contributed by atoms with Gasteiger partial charge in [-0.05, 0) is 112 Å². The molecule has 3 atom stereocenters. The van der Waals surface area contributed by atoms with Crippen LogP contribution in [0.25, 0.3) is 0 Å². The first-order chi connectivity index (χ1) is 13.9. The Kier molecular flexibility index (Phi) is 6.65. The third kappa shape index (κ3) is 4.15. The lowest BCUT2D eigenvalue weighted by Gasteiger charge is -2.59. The van der Waals surface area contributed by atoms with Crippen LogP contribution in [0, 0.1) is 34.5 Å². The molecule has 0 amide bonds. The van der Waals surface area contributed by atoms with Crippen LogP contribution >= 0.6 is 0 Å². The minimum Gasteiger partial charge on any atom is -0.387 e. The van der Waals surface area contributed by atoms with Gasteiger partial charge in [-0.15, -0.1) is 0 Å². The van der Waals surface area contributed by atoms with Gasteiger partial charge in [-0.3, -0.25) is 0 Å². The average molecular weight is 411 g/mol. The summed E-state index contributed by atoms with van der Waals surface area (Å²) in [6.07, 6.45) is 14.3. The molecule has 0 aliphatic heterocycles. The van der Waals surface area contributed by atoms with Crippen LogP contribution in [0.5, 0.6) is 0 Å². The van der Waals surface area contributed by atoms with Crippen LogP contribution < -0.4 is 0 Å². The zero-order chi connectivity index (χ0) is 20.6. The minimum absolute atomic E-state index is 0.145. The summed E-state index contributed by atoms with van der Waals surface area (Å²) in [5.74, 6) is 2.36. The van der Waals surface area contributed by atoms with Crippen molar-refractivity contribution < 1.29 is 13.9 Å².